The van der Waals surface area contributed by atoms with E-state index in [1.54, 1.807) is 0 Å². The molecule has 1 aliphatic rings. The van der Waals surface area contributed by atoms with Crippen LogP contribution in [-0.4, -0.2) is 49.7 Å². The zero-order valence-corrected chi connectivity index (χ0v) is 13.9. The van der Waals surface area contributed by atoms with Crippen LogP contribution in [0, 0.1) is 5.82 Å². The molecule has 0 spiro atoms. The molecular weight excluding hydrogens is 348 g/mol. The molecule has 0 saturated heterocycles. The Kier molecular flexibility index (Phi) is 4.42. The Morgan fingerprint density at radius 3 is 2.52 bits per heavy atom. The summed E-state index contributed by atoms with van der Waals surface area (Å²) in [7, 11) is -4.20. The van der Waals surface area contributed by atoms with E-state index < -0.39 is 17.1 Å². The molecule has 0 radical (unpaired) electrons. The summed E-state index contributed by atoms with van der Waals surface area (Å²) in [6, 6.07) is 9.65. The highest BCUT2D eigenvalue weighted by Crippen LogP contribution is 2.26. The van der Waals surface area contributed by atoms with Crippen molar-refractivity contribution >= 4 is 34.7 Å². The number of halogens is 1. The number of sulfonamides is 1. The summed E-state index contributed by atoms with van der Waals surface area (Å²) in [5, 5.41) is 23.8. The van der Waals surface area contributed by atoms with E-state index in [0.29, 0.717) is 11.1 Å². The van der Waals surface area contributed by atoms with Crippen LogP contribution in [0.25, 0.3) is 0 Å². The SMILES string of the molecule is CN(/N=C/c1ccc(F)cc1)C1=NS(=O)(=O)c2cc(B(O)O)ccc21. The molecule has 0 aliphatic carbocycles. The third-order valence-corrected chi connectivity index (χ3v) is 4.89. The van der Waals surface area contributed by atoms with Crippen molar-refractivity contribution in [1.82, 2.24) is 5.01 Å². The average Bonchev–Trinajstić information content (AvgIpc) is 2.85. The van der Waals surface area contributed by atoms with Crippen molar-refractivity contribution in [2.45, 2.75) is 4.90 Å². The molecule has 3 rings (SSSR count). The summed E-state index contributed by atoms with van der Waals surface area (Å²) in [4.78, 5) is -0.114. The molecule has 25 heavy (non-hydrogen) atoms. The number of benzene rings is 2. The Morgan fingerprint density at radius 1 is 1.20 bits per heavy atom. The molecule has 0 saturated carbocycles. The number of nitrogens with zero attached hydrogens (tertiary/aromatic N) is 3. The van der Waals surface area contributed by atoms with E-state index in [2.05, 4.69) is 9.50 Å². The number of rotatable bonds is 3. The molecule has 0 atom stereocenters. The summed E-state index contributed by atoms with van der Waals surface area (Å²) >= 11 is 0. The highest BCUT2D eigenvalue weighted by Gasteiger charge is 2.32. The average molecular weight is 361 g/mol. The summed E-state index contributed by atoms with van der Waals surface area (Å²) in [5.74, 6) is -0.264. The minimum atomic E-state index is -3.94. The quantitative estimate of drug-likeness (QED) is 0.452. The Labute approximate surface area is 144 Å². The third-order valence-electron chi connectivity index (χ3n) is 3.59. The van der Waals surface area contributed by atoms with Gasteiger partial charge in [-0.1, -0.05) is 24.3 Å². The number of hydrogen-bond acceptors (Lipinski definition) is 6. The second-order valence-electron chi connectivity index (χ2n) is 5.34. The summed E-state index contributed by atoms with van der Waals surface area (Å²) in [5.41, 5.74) is 0.994. The van der Waals surface area contributed by atoms with Crippen LogP contribution in [0.2, 0.25) is 0 Å². The van der Waals surface area contributed by atoms with Crippen molar-refractivity contribution in [1.29, 1.82) is 0 Å². The molecule has 0 amide bonds. The predicted molar refractivity (Wildman–Crippen MR) is 91.7 cm³/mol. The van der Waals surface area contributed by atoms with Crippen LogP contribution in [0.15, 0.2) is 56.9 Å². The Balaban J connectivity index is 1.92. The number of hydrogen-bond donors (Lipinski definition) is 2. The van der Waals surface area contributed by atoms with Crippen molar-refractivity contribution in [3.63, 3.8) is 0 Å². The van der Waals surface area contributed by atoms with Gasteiger partial charge >= 0.3 is 7.12 Å². The maximum absolute atomic E-state index is 12.9. The van der Waals surface area contributed by atoms with E-state index in [4.69, 9.17) is 0 Å². The van der Waals surface area contributed by atoms with Gasteiger partial charge in [0.2, 0.25) is 0 Å². The predicted octanol–water partition coefficient (Wildman–Crippen LogP) is -0.0797. The normalized spacial score (nSPS) is 15.1. The van der Waals surface area contributed by atoms with Crippen molar-refractivity contribution in [3.05, 3.63) is 59.4 Å². The van der Waals surface area contributed by atoms with E-state index in [9.17, 15) is 22.9 Å². The molecule has 128 valence electrons. The Morgan fingerprint density at radius 2 is 1.88 bits per heavy atom. The molecule has 10 heteroatoms. The van der Waals surface area contributed by atoms with E-state index in [1.165, 1.54) is 60.7 Å². The molecule has 0 unspecified atom stereocenters. The highest BCUT2D eigenvalue weighted by atomic mass is 32.2. The monoisotopic (exact) mass is 361 g/mol. The van der Waals surface area contributed by atoms with Crippen LogP contribution < -0.4 is 5.46 Å². The number of amidine groups is 1. The molecule has 0 aromatic heterocycles. The fourth-order valence-electron chi connectivity index (χ4n) is 2.30. The third kappa shape index (κ3) is 3.45. The fourth-order valence-corrected chi connectivity index (χ4v) is 3.56. The molecule has 1 heterocycles. The molecule has 7 nitrogen and oxygen atoms in total. The lowest BCUT2D eigenvalue weighted by Gasteiger charge is -2.12. The van der Waals surface area contributed by atoms with Gasteiger partial charge in [-0.25, -0.2) is 9.40 Å². The van der Waals surface area contributed by atoms with Gasteiger partial charge in [-0.05, 0) is 29.2 Å². The smallest absolute Gasteiger partial charge is 0.423 e. The number of hydrazone groups is 1. The van der Waals surface area contributed by atoms with Crippen molar-refractivity contribution in [3.8, 4) is 0 Å². The largest absolute Gasteiger partial charge is 0.488 e. The minimum absolute atomic E-state index is 0.0521. The van der Waals surface area contributed by atoms with Gasteiger partial charge in [-0.15, -0.1) is 4.40 Å². The van der Waals surface area contributed by atoms with E-state index in [1.807, 2.05) is 0 Å². The molecule has 2 aromatic carbocycles. The van der Waals surface area contributed by atoms with Crippen molar-refractivity contribution in [2.75, 3.05) is 7.05 Å². The molecule has 1 aliphatic heterocycles. The van der Waals surface area contributed by atoms with Crippen LogP contribution in [0.3, 0.4) is 0 Å². The maximum atomic E-state index is 12.9. The second kappa shape index (κ2) is 6.39. The second-order valence-corrected chi connectivity index (χ2v) is 6.91. The summed E-state index contributed by atoms with van der Waals surface area (Å²) < 4.78 is 41.0. The van der Waals surface area contributed by atoms with Gasteiger partial charge in [0.05, 0.1) is 6.21 Å². The zero-order chi connectivity index (χ0) is 18.2. The zero-order valence-electron chi connectivity index (χ0n) is 13.0. The van der Waals surface area contributed by atoms with Gasteiger partial charge in [0, 0.05) is 12.6 Å². The highest BCUT2D eigenvalue weighted by molar-refractivity contribution is 7.90. The summed E-state index contributed by atoms with van der Waals surface area (Å²) in [6.07, 6.45) is 1.44. The maximum Gasteiger partial charge on any atom is 0.488 e. The van der Waals surface area contributed by atoms with Gasteiger partial charge < -0.3 is 10.0 Å². The molecule has 0 fully saturated rings. The van der Waals surface area contributed by atoms with E-state index in [-0.39, 0.29) is 22.0 Å². The van der Waals surface area contributed by atoms with Crippen molar-refractivity contribution in [2.24, 2.45) is 9.50 Å². The van der Waals surface area contributed by atoms with Gasteiger partial charge in [-0.3, -0.25) is 0 Å². The van der Waals surface area contributed by atoms with Crippen molar-refractivity contribution < 1.29 is 22.9 Å². The van der Waals surface area contributed by atoms with Crippen LogP contribution in [0.1, 0.15) is 11.1 Å². The van der Waals surface area contributed by atoms with E-state index in [0.717, 1.165) is 0 Å². The lowest BCUT2D eigenvalue weighted by atomic mass is 9.80. The number of fused-ring (bicyclic) bond motifs is 1. The molecular formula is C15H13BFN3O4S. The van der Waals surface area contributed by atoms with Gasteiger partial charge in [0.25, 0.3) is 10.0 Å². The lowest BCUT2D eigenvalue weighted by molar-refractivity contribution is 0.425. The lowest BCUT2D eigenvalue weighted by Crippen LogP contribution is -2.30. The van der Waals surface area contributed by atoms with Gasteiger partial charge in [0.1, 0.15) is 10.7 Å². The van der Waals surface area contributed by atoms with Crippen LogP contribution >= 0.6 is 0 Å². The first kappa shape index (κ1) is 17.3. The first-order valence-corrected chi connectivity index (χ1v) is 8.60. The first-order chi connectivity index (χ1) is 11.8. The van der Waals surface area contributed by atoms with Crippen LogP contribution in [-0.2, 0) is 10.0 Å². The first-order valence-electron chi connectivity index (χ1n) is 7.16. The molecule has 2 aromatic rings. The van der Waals surface area contributed by atoms with Crippen LogP contribution in [0.5, 0.6) is 0 Å². The van der Waals surface area contributed by atoms with Gasteiger partial charge in [-0.2, -0.15) is 13.5 Å². The Hall–Kier alpha value is -2.56. The summed E-state index contributed by atoms with van der Waals surface area (Å²) in [6.45, 7) is 0. The molecule has 0 bridgehead atoms. The van der Waals surface area contributed by atoms with E-state index >= 15 is 0 Å². The standard InChI is InChI=1S/C15H13BFN3O4S/c1-20(18-9-10-2-5-12(17)6-3-10)15-13-7-4-11(16(21)22)8-14(13)25(23,24)19-15/h2-9,21-22H,1H3/b18-9+. The Bertz CT molecular complexity index is 975. The topological polar surface area (TPSA) is 103 Å². The van der Waals surface area contributed by atoms with Gasteiger partial charge in [0.15, 0.2) is 5.84 Å². The fraction of sp³-hybridized carbons (Fsp3) is 0.0667. The van der Waals surface area contributed by atoms with Crippen LogP contribution in [0.4, 0.5) is 4.39 Å². The minimum Gasteiger partial charge on any atom is -0.423 e. The molecule has 2 N–H and O–H groups in total.